The molecule has 2 aromatic heterocycles. The Morgan fingerprint density at radius 1 is 1.64 bits per heavy atom. The second-order valence-electron chi connectivity index (χ2n) is 2.76. The Kier molecular flexibility index (Phi) is 1.85. The second-order valence-corrected chi connectivity index (χ2v) is 2.76. The number of ether oxygens (including phenoxy) is 1. The highest BCUT2D eigenvalue weighted by Crippen LogP contribution is 2.21. The maximum absolute atomic E-state index is 10.8. The van der Waals surface area contributed by atoms with E-state index in [9.17, 15) is 4.79 Å². The SMILES string of the molecule is COc1cc2cc[nH]c2nc1C(=O)O. The number of H-pyrrole nitrogens is 1. The molecule has 0 aliphatic rings. The lowest BCUT2D eigenvalue weighted by Crippen LogP contribution is -2.03. The van der Waals surface area contributed by atoms with Crippen molar-refractivity contribution in [1.82, 2.24) is 9.97 Å². The number of aromatic carboxylic acids is 1. The van der Waals surface area contributed by atoms with E-state index in [0.717, 1.165) is 5.39 Å². The van der Waals surface area contributed by atoms with Gasteiger partial charge in [-0.15, -0.1) is 0 Å². The Balaban J connectivity index is 2.72. The van der Waals surface area contributed by atoms with Crippen LogP contribution in [0.3, 0.4) is 0 Å². The molecule has 5 heteroatoms. The Labute approximate surface area is 79.3 Å². The average Bonchev–Trinajstić information content (AvgIpc) is 2.62. The van der Waals surface area contributed by atoms with Crippen LogP contribution < -0.4 is 4.74 Å². The van der Waals surface area contributed by atoms with Crippen LogP contribution in [0.5, 0.6) is 5.75 Å². The third-order valence-corrected chi connectivity index (χ3v) is 1.92. The summed E-state index contributed by atoms with van der Waals surface area (Å²) in [7, 11) is 1.42. The van der Waals surface area contributed by atoms with Gasteiger partial charge >= 0.3 is 5.97 Å². The number of pyridine rings is 1. The second kappa shape index (κ2) is 3.02. The zero-order valence-electron chi connectivity index (χ0n) is 7.44. The summed E-state index contributed by atoms with van der Waals surface area (Å²) in [5.74, 6) is -0.831. The molecule has 0 saturated heterocycles. The number of aromatic nitrogens is 2. The number of nitrogens with one attached hydrogen (secondary N) is 1. The van der Waals surface area contributed by atoms with Gasteiger partial charge in [-0.2, -0.15) is 0 Å². The smallest absolute Gasteiger partial charge is 0.358 e. The highest BCUT2D eigenvalue weighted by Gasteiger charge is 2.14. The fraction of sp³-hybridized carbons (Fsp3) is 0.111. The van der Waals surface area contributed by atoms with E-state index >= 15 is 0 Å². The summed E-state index contributed by atoms with van der Waals surface area (Å²) in [6, 6.07) is 3.44. The summed E-state index contributed by atoms with van der Waals surface area (Å²) in [4.78, 5) is 17.6. The summed E-state index contributed by atoms with van der Waals surface area (Å²) < 4.78 is 4.93. The molecule has 0 bridgehead atoms. The van der Waals surface area contributed by atoms with Crippen LogP contribution in [-0.2, 0) is 0 Å². The zero-order valence-corrected chi connectivity index (χ0v) is 7.44. The van der Waals surface area contributed by atoms with Crippen LogP contribution in [0, 0.1) is 0 Å². The van der Waals surface area contributed by atoms with E-state index < -0.39 is 5.97 Å². The molecule has 2 N–H and O–H groups in total. The molecular weight excluding hydrogens is 184 g/mol. The predicted molar refractivity (Wildman–Crippen MR) is 49.6 cm³/mol. The van der Waals surface area contributed by atoms with Crippen LogP contribution in [-0.4, -0.2) is 28.2 Å². The molecule has 72 valence electrons. The molecule has 2 heterocycles. The Bertz CT molecular complexity index is 490. The molecule has 5 nitrogen and oxygen atoms in total. The first-order valence-corrected chi connectivity index (χ1v) is 3.98. The van der Waals surface area contributed by atoms with Crippen LogP contribution in [0.25, 0.3) is 11.0 Å². The molecule has 0 atom stereocenters. The quantitative estimate of drug-likeness (QED) is 0.751. The van der Waals surface area contributed by atoms with Crippen LogP contribution in [0.4, 0.5) is 0 Å². The summed E-state index contributed by atoms with van der Waals surface area (Å²) in [6.07, 6.45) is 1.70. The average molecular weight is 192 g/mol. The van der Waals surface area contributed by atoms with E-state index in [0.29, 0.717) is 5.65 Å². The zero-order chi connectivity index (χ0) is 10.1. The van der Waals surface area contributed by atoms with Crippen molar-refractivity contribution < 1.29 is 14.6 Å². The number of rotatable bonds is 2. The molecule has 0 unspecified atom stereocenters. The van der Waals surface area contributed by atoms with Gasteiger partial charge in [0.15, 0.2) is 11.4 Å². The maximum atomic E-state index is 10.8. The lowest BCUT2D eigenvalue weighted by molar-refractivity contribution is 0.0687. The van der Waals surface area contributed by atoms with Gasteiger partial charge in [0.25, 0.3) is 0 Å². The third-order valence-electron chi connectivity index (χ3n) is 1.92. The number of hydrogen-bond acceptors (Lipinski definition) is 3. The standard InChI is InChI=1S/C9H8N2O3/c1-14-6-4-5-2-3-10-8(5)11-7(6)9(12)13/h2-4H,1H3,(H,10,11)(H,12,13). The monoisotopic (exact) mass is 192 g/mol. The number of carboxylic acids is 1. The van der Waals surface area contributed by atoms with Gasteiger partial charge in [-0.05, 0) is 12.1 Å². The predicted octanol–water partition coefficient (Wildman–Crippen LogP) is 1.27. The summed E-state index contributed by atoms with van der Waals surface area (Å²) in [5.41, 5.74) is 0.464. The van der Waals surface area contributed by atoms with Gasteiger partial charge in [0.1, 0.15) is 5.65 Å². The summed E-state index contributed by atoms with van der Waals surface area (Å²) in [5, 5.41) is 9.66. The van der Waals surface area contributed by atoms with E-state index in [1.807, 2.05) is 0 Å². The molecular formula is C9H8N2O3. The lowest BCUT2D eigenvalue weighted by atomic mass is 10.2. The minimum atomic E-state index is -1.10. The van der Waals surface area contributed by atoms with Gasteiger partial charge < -0.3 is 14.8 Å². The first-order valence-electron chi connectivity index (χ1n) is 3.98. The van der Waals surface area contributed by atoms with Crippen LogP contribution >= 0.6 is 0 Å². The molecule has 0 saturated carbocycles. The normalized spacial score (nSPS) is 10.4. The van der Waals surface area contributed by atoms with E-state index in [2.05, 4.69) is 9.97 Å². The molecule has 0 radical (unpaired) electrons. The Morgan fingerprint density at radius 3 is 3.07 bits per heavy atom. The number of fused-ring (bicyclic) bond motifs is 1. The Hall–Kier alpha value is -2.04. The first kappa shape index (κ1) is 8.55. The molecule has 0 aliphatic carbocycles. The number of nitrogens with zero attached hydrogens (tertiary/aromatic N) is 1. The number of carbonyl (C=O) groups is 1. The summed E-state index contributed by atoms with van der Waals surface area (Å²) >= 11 is 0. The largest absolute Gasteiger partial charge is 0.494 e. The van der Waals surface area contributed by atoms with Gasteiger partial charge in [0, 0.05) is 11.6 Å². The number of aromatic amines is 1. The third kappa shape index (κ3) is 1.19. The first-order chi connectivity index (χ1) is 6.72. The van der Waals surface area contributed by atoms with E-state index in [1.165, 1.54) is 7.11 Å². The van der Waals surface area contributed by atoms with Crippen molar-refractivity contribution in [1.29, 1.82) is 0 Å². The van der Waals surface area contributed by atoms with Gasteiger partial charge in [-0.1, -0.05) is 0 Å². The highest BCUT2D eigenvalue weighted by molar-refractivity contribution is 5.92. The molecule has 0 spiro atoms. The minimum absolute atomic E-state index is 0.0811. The highest BCUT2D eigenvalue weighted by atomic mass is 16.5. The number of methoxy groups -OCH3 is 1. The minimum Gasteiger partial charge on any atom is -0.494 e. The van der Waals surface area contributed by atoms with Crippen LogP contribution in [0.15, 0.2) is 18.3 Å². The van der Waals surface area contributed by atoms with Crippen molar-refractivity contribution in [3.8, 4) is 5.75 Å². The molecule has 2 rings (SSSR count). The molecule has 2 aromatic rings. The van der Waals surface area contributed by atoms with Crippen molar-refractivity contribution >= 4 is 17.0 Å². The van der Waals surface area contributed by atoms with Crippen molar-refractivity contribution in [3.63, 3.8) is 0 Å². The van der Waals surface area contributed by atoms with Gasteiger partial charge in [-0.25, -0.2) is 9.78 Å². The molecule has 14 heavy (non-hydrogen) atoms. The molecule has 0 aliphatic heterocycles. The van der Waals surface area contributed by atoms with Crippen LogP contribution in [0.2, 0.25) is 0 Å². The maximum Gasteiger partial charge on any atom is 0.358 e. The molecule has 0 aromatic carbocycles. The van der Waals surface area contributed by atoms with Crippen molar-refractivity contribution in [3.05, 3.63) is 24.0 Å². The van der Waals surface area contributed by atoms with E-state index in [4.69, 9.17) is 9.84 Å². The van der Waals surface area contributed by atoms with Crippen LogP contribution in [0.1, 0.15) is 10.5 Å². The molecule has 0 fully saturated rings. The lowest BCUT2D eigenvalue weighted by Gasteiger charge is -2.03. The van der Waals surface area contributed by atoms with Gasteiger partial charge in [0.05, 0.1) is 7.11 Å². The summed E-state index contributed by atoms with van der Waals surface area (Å²) in [6.45, 7) is 0. The topological polar surface area (TPSA) is 75.2 Å². The fourth-order valence-corrected chi connectivity index (χ4v) is 1.27. The Morgan fingerprint density at radius 2 is 2.43 bits per heavy atom. The van der Waals surface area contributed by atoms with Gasteiger partial charge in [0.2, 0.25) is 0 Å². The van der Waals surface area contributed by atoms with E-state index in [1.54, 1.807) is 18.3 Å². The van der Waals surface area contributed by atoms with Gasteiger partial charge in [-0.3, -0.25) is 0 Å². The van der Waals surface area contributed by atoms with E-state index in [-0.39, 0.29) is 11.4 Å². The van der Waals surface area contributed by atoms with Crippen molar-refractivity contribution in [2.45, 2.75) is 0 Å². The molecule has 0 amide bonds. The van der Waals surface area contributed by atoms with Crippen molar-refractivity contribution in [2.75, 3.05) is 7.11 Å². The number of carboxylic acid groups (broad SMARTS) is 1. The fourth-order valence-electron chi connectivity index (χ4n) is 1.27. The number of hydrogen-bond donors (Lipinski definition) is 2. The van der Waals surface area contributed by atoms with Crippen molar-refractivity contribution in [2.24, 2.45) is 0 Å².